The van der Waals surface area contributed by atoms with Crippen LogP contribution in [0, 0.1) is 0 Å². The number of carbonyl (C=O) groups excluding carboxylic acids is 1. The maximum atomic E-state index is 11.6. The molecule has 6 nitrogen and oxygen atoms in total. The molecule has 0 radical (unpaired) electrons. The second kappa shape index (κ2) is 4.95. The van der Waals surface area contributed by atoms with E-state index in [1.54, 1.807) is 0 Å². The SMILES string of the molecule is Nc1ccc(C(=O)O)cc1NC1CCCNC1=O. The molecule has 0 bridgehead atoms. The Morgan fingerprint density at radius 2 is 2.28 bits per heavy atom. The minimum absolute atomic E-state index is 0.0821. The second-order valence-electron chi connectivity index (χ2n) is 4.24. The van der Waals surface area contributed by atoms with Gasteiger partial charge in [-0.05, 0) is 31.0 Å². The molecule has 6 heteroatoms. The van der Waals surface area contributed by atoms with Crippen LogP contribution < -0.4 is 16.4 Å². The quantitative estimate of drug-likeness (QED) is 0.589. The van der Waals surface area contributed by atoms with Crippen LogP contribution in [0.25, 0.3) is 0 Å². The summed E-state index contributed by atoms with van der Waals surface area (Å²) in [5.41, 5.74) is 6.82. The number of carboxylic acid groups (broad SMARTS) is 1. The van der Waals surface area contributed by atoms with Crippen LogP contribution in [0.3, 0.4) is 0 Å². The average Bonchev–Trinajstić information content (AvgIpc) is 2.34. The Morgan fingerprint density at radius 1 is 1.50 bits per heavy atom. The zero-order chi connectivity index (χ0) is 13.1. The summed E-state index contributed by atoms with van der Waals surface area (Å²) in [6.07, 6.45) is 1.60. The van der Waals surface area contributed by atoms with Crippen LogP contribution >= 0.6 is 0 Å². The molecule has 1 aliphatic rings. The molecule has 1 amide bonds. The monoisotopic (exact) mass is 249 g/mol. The van der Waals surface area contributed by atoms with Gasteiger partial charge in [0.2, 0.25) is 5.91 Å². The fourth-order valence-electron chi connectivity index (χ4n) is 1.91. The van der Waals surface area contributed by atoms with E-state index in [9.17, 15) is 9.59 Å². The highest BCUT2D eigenvalue weighted by Gasteiger charge is 2.22. The van der Waals surface area contributed by atoms with Gasteiger partial charge in [0, 0.05) is 6.54 Å². The fourth-order valence-corrected chi connectivity index (χ4v) is 1.91. The number of nitrogens with one attached hydrogen (secondary N) is 2. The van der Waals surface area contributed by atoms with E-state index in [4.69, 9.17) is 10.8 Å². The molecule has 5 N–H and O–H groups in total. The molecule has 0 saturated carbocycles. The third kappa shape index (κ3) is 2.53. The van der Waals surface area contributed by atoms with Crippen LogP contribution in [0.1, 0.15) is 23.2 Å². The standard InChI is InChI=1S/C12H15N3O3/c13-8-4-3-7(12(17)18)6-10(8)15-9-2-1-5-14-11(9)16/h3-4,6,9,15H,1-2,5,13H2,(H,14,16)(H,17,18). The molecule has 1 fully saturated rings. The van der Waals surface area contributed by atoms with Crippen molar-refractivity contribution in [3.8, 4) is 0 Å². The van der Waals surface area contributed by atoms with Crippen LogP contribution in [-0.4, -0.2) is 29.6 Å². The number of aromatic carboxylic acids is 1. The van der Waals surface area contributed by atoms with Crippen molar-refractivity contribution in [2.24, 2.45) is 0 Å². The predicted octanol–water partition coefficient (Wildman–Crippen LogP) is 0.657. The van der Waals surface area contributed by atoms with E-state index in [1.807, 2.05) is 0 Å². The summed E-state index contributed by atoms with van der Waals surface area (Å²) in [6, 6.07) is 4.04. The van der Waals surface area contributed by atoms with Gasteiger partial charge >= 0.3 is 5.97 Å². The maximum Gasteiger partial charge on any atom is 0.335 e. The molecule has 1 aromatic carbocycles. The van der Waals surface area contributed by atoms with Crippen LogP contribution in [-0.2, 0) is 4.79 Å². The lowest BCUT2D eigenvalue weighted by molar-refractivity contribution is -0.123. The number of hydrogen-bond donors (Lipinski definition) is 4. The Balaban J connectivity index is 2.19. The van der Waals surface area contributed by atoms with Crippen LogP contribution in [0.2, 0.25) is 0 Å². The molecule has 1 aliphatic heterocycles. The van der Waals surface area contributed by atoms with Crippen molar-refractivity contribution in [2.45, 2.75) is 18.9 Å². The first-order valence-corrected chi connectivity index (χ1v) is 5.75. The first-order valence-electron chi connectivity index (χ1n) is 5.75. The van der Waals surface area contributed by atoms with Gasteiger partial charge in [0.05, 0.1) is 16.9 Å². The molecule has 0 aromatic heterocycles. The number of carboxylic acids is 1. The highest BCUT2D eigenvalue weighted by atomic mass is 16.4. The third-order valence-corrected chi connectivity index (χ3v) is 2.92. The van der Waals surface area contributed by atoms with Crippen LogP contribution in [0.4, 0.5) is 11.4 Å². The molecule has 1 saturated heterocycles. The number of amides is 1. The van der Waals surface area contributed by atoms with Gasteiger partial charge in [-0.3, -0.25) is 4.79 Å². The average molecular weight is 249 g/mol. The van der Waals surface area contributed by atoms with E-state index in [1.165, 1.54) is 18.2 Å². The first kappa shape index (κ1) is 12.2. The van der Waals surface area contributed by atoms with Crippen molar-refractivity contribution in [1.29, 1.82) is 0 Å². The summed E-state index contributed by atoms with van der Waals surface area (Å²) in [7, 11) is 0. The minimum Gasteiger partial charge on any atom is -0.478 e. The molecule has 0 aliphatic carbocycles. The third-order valence-electron chi connectivity index (χ3n) is 2.92. The Hall–Kier alpha value is -2.24. The first-order chi connectivity index (χ1) is 8.58. The van der Waals surface area contributed by atoms with Gasteiger partial charge in [-0.25, -0.2) is 4.79 Å². The number of nitrogen functional groups attached to an aromatic ring is 1. The predicted molar refractivity (Wildman–Crippen MR) is 67.5 cm³/mol. The zero-order valence-corrected chi connectivity index (χ0v) is 9.77. The molecule has 2 rings (SSSR count). The minimum atomic E-state index is -1.02. The van der Waals surface area contributed by atoms with Crippen molar-refractivity contribution in [2.75, 3.05) is 17.6 Å². The number of benzene rings is 1. The zero-order valence-electron chi connectivity index (χ0n) is 9.77. The lowest BCUT2D eigenvalue weighted by Gasteiger charge is -2.24. The van der Waals surface area contributed by atoms with E-state index < -0.39 is 5.97 Å². The number of carbonyl (C=O) groups is 2. The molecule has 0 spiro atoms. The largest absolute Gasteiger partial charge is 0.478 e. The van der Waals surface area contributed by atoms with Crippen molar-refractivity contribution < 1.29 is 14.7 Å². The summed E-state index contributed by atoms with van der Waals surface area (Å²) < 4.78 is 0. The van der Waals surface area contributed by atoms with Gasteiger partial charge in [0.1, 0.15) is 6.04 Å². The summed E-state index contributed by atoms with van der Waals surface area (Å²) in [5.74, 6) is -1.10. The van der Waals surface area contributed by atoms with Crippen LogP contribution in [0.15, 0.2) is 18.2 Å². The Morgan fingerprint density at radius 3 is 2.94 bits per heavy atom. The number of rotatable bonds is 3. The van der Waals surface area contributed by atoms with E-state index in [0.29, 0.717) is 24.3 Å². The van der Waals surface area contributed by atoms with Crippen molar-refractivity contribution in [3.63, 3.8) is 0 Å². The van der Waals surface area contributed by atoms with Crippen molar-refractivity contribution >= 4 is 23.3 Å². The van der Waals surface area contributed by atoms with E-state index in [2.05, 4.69) is 10.6 Å². The fraction of sp³-hybridized carbons (Fsp3) is 0.333. The number of anilines is 2. The van der Waals surface area contributed by atoms with Gasteiger partial charge in [-0.1, -0.05) is 0 Å². The molecule has 18 heavy (non-hydrogen) atoms. The topological polar surface area (TPSA) is 104 Å². The Kier molecular flexibility index (Phi) is 3.36. The van der Waals surface area contributed by atoms with Gasteiger partial charge in [-0.2, -0.15) is 0 Å². The van der Waals surface area contributed by atoms with E-state index in [0.717, 1.165) is 6.42 Å². The normalized spacial score (nSPS) is 19.1. The lowest BCUT2D eigenvalue weighted by Crippen LogP contribution is -2.44. The summed E-state index contributed by atoms with van der Waals surface area (Å²) >= 11 is 0. The molecule has 1 aromatic rings. The highest BCUT2D eigenvalue weighted by Crippen LogP contribution is 2.22. The molecule has 1 atom stereocenters. The van der Waals surface area contributed by atoms with Gasteiger partial charge in [0.25, 0.3) is 0 Å². The van der Waals surface area contributed by atoms with Gasteiger partial charge in [-0.15, -0.1) is 0 Å². The summed E-state index contributed by atoms with van der Waals surface area (Å²) in [5, 5.41) is 14.7. The van der Waals surface area contributed by atoms with Crippen LogP contribution in [0.5, 0.6) is 0 Å². The van der Waals surface area contributed by atoms with Gasteiger partial charge < -0.3 is 21.5 Å². The molecule has 1 unspecified atom stereocenters. The number of piperidine rings is 1. The molecule has 1 heterocycles. The van der Waals surface area contributed by atoms with Gasteiger partial charge in [0.15, 0.2) is 0 Å². The summed E-state index contributed by atoms with van der Waals surface area (Å²) in [6.45, 7) is 0.682. The maximum absolute atomic E-state index is 11.6. The smallest absolute Gasteiger partial charge is 0.335 e. The van der Waals surface area contributed by atoms with E-state index >= 15 is 0 Å². The molecular formula is C12H15N3O3. The Labute approximate surface area is 104 Å². The second-order valence-corrected chi connectivity index (χ2v) is 4.24. The molecule has 96 valence electrons. The van der Waals surface area contributed by atoms with E-state index in [-0.39, 0.29) is 17.5 Å². The van der Waals surface area contributed by atoms with Crippen molar-refractivity contribution in [1.82, 2.24) is 5.32 Å². The summed E-state index contributed by atoms with van der Waals surface area (Å²) in [4.78, 5) is 22.5. The highest BCUT2D eigenvalue weighted by molar-refractivity contribution is 5.92. The Bertz CT molecular complexity index is 487. The number of hydrogen-bond acceptors (Lipinski definition) is 4. The van der Waals surface area contributed by atoms with Crippen molar-refractivity contribution in [3.05, 3.63) is 23.8 Å². The lowest BCUT2D eigenvalue weighted by atomic mass is 10.1. The molecular weight excluding hydrogens is 234 g/mol. The number of nitrogens with two attached hydrogens (primary N) is 1.